The van der Waals surface area contributed by atoms with E-state index < -0.39 is 11.9 Å². The number of carbonyl (C=O) groups is 1. The molecule has 0 aliphatic heterocycles. The highest BCUT2D eigenvalue weighted by molar-refractivity contribution is 5.87. The fraction of sp³-hybridized carbons (Fsp3) is 0.333. The molecule has 1 aromatic rings. The molecule has 13 heavy (non-hydrogen) atoms. The fourth-order valence-electron chi connectivity index (χ4n) is 1.08. The lowest BCUT2D eigenvalue weighted by atomic mass is 10.0. The predicted molar refractivity (Wildman–Crippen MR) is 45.2 cm³/mol. The summed E-state index contributed by atoms with van der Waals surface area (Å²) in [6.45, 7) is 3.67. The topological polar surface area (TPSA) is 50.2 Å². The minimum Gasteiger partial charge on any atom is -0.477 e. The molecule has 70 valence electrons. The van der Waals surface area contributed by atoms with Crippen LogP contribution in [0.3, 0.4) is 0 Å². The molecular formula is C9H10FNO2. The van der Waals surface area contributed by atoms with Gasteiger partial charge in [0.25, 0.3) is 0 Å². The molecule has 0 saturated heterocycles. The quantitative estimate of drug-likeness (QED) is 0.714. The molecule has 1 heterocycles. The molecule has 0 atom stereocenters. The molecule has 0 amide bonds. The standard InChI is InChI=1S/C9H10FNO2/c1-5(2)6-3-4-7(10)11-8(6)9(12)13/h3-5H,1-2H3,(H,12,13). The van der Waals surface area contributed by atoms with Crippen LogP contribution in [0.4, 0.5) is 4.39 Å². The second-order valence-electron chi connectivity index (χ2n) is 3.03. The largest absolute Gasteiger partial charge is 0.477 e. The van der Waals surface area contributed by atoms with Crippen molar-refractivity contribution in [2.75, 3.05) is 0 Å². The molecule has 0 spiro atoms. The molecule has 0 unspecified atom stereocenters. The van der Waals surface area contributed by atoms with E-state index in [4.69, 9.17) is 5.11 Å². The van der Waals surface area contributed by atoms with E-state index in [-0.39, 0.29) is 11.6 Å². The van der Waals surface area contributed by atoms with Crippen LogP contribution in [0.1, 0.15) is 35.8 Å². The molecule has 0 fully saturated rings. The second kappa shape index (κ2) is 3.51. The number of pyridine rings is 1. The van der Waals surface area contributed by atoms with Gasteiger partial charge in [0.2, 0.25) is 5.95 Å². The Balaban J connectivity index is 3.27. The van der Waals surface area contributed by atoms with Crippen LogP contribution in [0, 0.1) is 5.95 Å². The van der Waals surface area contributed by atoms with Crippen molar-refractivity contribution in [2.45, 2.75) is 19.8 Å². The van der Waals surface area contributed by atoms with E-state index in [2.05, 4.69) is 4.98 Å². The Morgan fingerprint density at radius 1 is 1.54 bits per heavy atom. The molecule has 0 aromatic carbocycles. The van der Waals surface area contributed by atoms with E-state index in [1.807, 2.05) is 13.8 Å². The van der Waals surface area contributed by atoms with Gasteiger partial charge in [-0.05, 0) is 17.5 Å². The van der Waals surface area contributed by atoms with E-state index in [0.717, 1.165) is 0 Å². The van der Waals surface area contributed by atoms with Crippen molar-refractivity contribution >= 4 is 5.97 Å². The highest BCUT2D eigenvalue weighted by Crippen LogP contribution is 2.17. The fourth-order valence-corrected chi connectivity index (χ4v) is 1.08. The lowest BCUT2D eigenvalue weighted by molar-refractivity contribution is 0.0687. The van der Waals surface area contributed by atoms with Crippen molar-refractivity contribution in [1.82, 2.24) is 4.98 Å². The normalized spacial score (nSPS) is 10.5. The van der Waals surface area contributed by atoms with Gasteiger partial charge in [0.05, 0.1) is 0 Å². The highest BCUT2D eigenvalue weighted by atomic mass is 19.1. The van der Waals surface area contributed by atoms with Gasteiger partial charge in [0, 0.05) is 0 Å². The monoisotopic (exact) mass is 183 g/mol. The number of aromatic nitrogens is 1. The Bertz CT molecular complexity index is 336. The Morgan fingerprint density at radius 3 is 2.62 bits per heavy atom. The average Bonchev–Trinajstić information content (AvgIpc) is 2.03. The number of rotatable bonds is 2. The summed E-state index contributed by atoms with van der Waals surface area (Å²) in [5, 5.41) is 8.71. The van der Waals surface area contributed by atoms with Gasteiger partial charge in [-0.1, -0.05) is 19.9 Å². The lowest BCUT2D eigenvalue weighted by Gasteiger charge is -2.07. The third kappa shape index (κ3) is 2.02. The summed E-state index contributed by atoms with van der Waals surface area (Å²) in [6, 6.07) is 2.62. The van der Waals surface area contributed by atoms with Crippen molar-refractivity contribution in [2.24, 2.45) is 0 Å². The summed E-state index contributed by atoms with van der Waals surface area (Å²) in [5.74, 6) is -1.93. The molecule has 0 radical (unpaired) electrons. The molecule has 0 saturated carbocycles. The summed E-state index contributed by atoms with van der Waals surface area (Å²) in [4.78, 5) is 14.0. The van der Waals surface area contributed by atoms with Crippen LogP contribution in [0.5, 0.6) is 0 Å². The number of carboxylic acids is 1. The van der Waals surface area contributed by atoms with Crippen LogP contribution in [-0.2, 0) is 0 Å². The van der Waals surface area contributed by atoms with E-state index in [1.54, 1.807) is 0 Å². The van der Waals surface area contributed by atoms with Crippen molar-refractivity contribution in [3.8, 4) is 0 Å². The first kappa shape index (κ1) is 9.64. The third-order valence-electron chi connectivity index (χ3n) is 1.72. The first-order chi connectivity index (χ1) is 6.02. The number of halogens is 1. The van der Waals surface area contributed by atoms with Gasteiger partial charge >= 0.3 is 5.97 Å². The first-order valence-corrected chi connectivity index (χ1v) is 3.92. The Morgan fingerprint density at radius 2 is 2.15 bits per heavy atom. The molecule has 4 heteroatoms. The number of hydrogen-bond donors (Lipinski definition) is 1. The van der Waals surface area contributed by atoms with Crippen molar-refractivity contribution < 1.29 is 14.3 Å². The molecule has 0 aliphatic carbocycles. The van der Waals surface area contributed by atoms with E-state index in [9.17, 15) is 9.18 Å². The smallest absolute Gasteiger partial charge is 0.354 e. The Labute approximate surface area is 75.2 Å². The van der Waals surface area contributed by atoms with Crippen LogP contribution in [0.2, 0.25) is 0 Å². The average molecular weight is 183 g/mol. The number of nitrogens with zero attached hydrogens (tertiary/aromatic N) is 1. The van der Waals surface area contributed by atoms with Crippen molar-refractivity contribution in [1.29, 1.82) is 0 Å². The second-order valence-corrected chi connectivity index (χ2v) is 3.03. The maximum Gasteiger partial charge on any atom is 0.354 e. The van der Waals surface area contributed by atoms with E-state index >= 15 is 0 Å². The van der Waals surface area contributed by atoms with Gasteiger partial charge in [0.15, 0.2) is 5.69 Å². The number of carboxylic acid groups (broad SMARTS) is 1. The summed E-state index contributed by atoms with van der Waals surface area (Å²) in [5.41, 5.74) is 0.351. The van der Waals surface area contributed by atoms with Gasteiger partial charge in [-0.15, -0.1) is 0 Å². The summed E-state index contributed by atoms with van der Waals surface area (Å²) in [6.07, 6.45) is 0. The molecule has 3 nitrogen and oxygen atoms in total. The summed E-state index contributed by atoms with van der Waals surface area (Å²) < 4.78 is 12.6. The zero-order valence-corrected chi connectivity index (χ0v) is 7.41. The third-order valence-corrected chi connectivity index (χ3v) is 1.72. The maximum atomic E-state index is 12.6. The number of hydrogen-bond acceptors (Lipinski definition) is 2. The molecule has 1 aromatic heterocycles. The van der Waals surface area contributed by atoms with Gasteiger partial charge in [-0.3, -0.25) is 0 Å². The van der Waals surface area contributed by atoms with Crippen LogP contribution < -0.4 is 0 Å². The molecule has 1 N–H and O–H groups in total. The minimum atomic E-state index is -1.19. The molecule has 1 rings (SSSR count). The van der Waals surface area contributed by atoms with Gasteiger partial charge < -0.3 is 5.11 Å². The van der Waals surface area contributed by atoms with Crippen LogP contribution in [-0.4, -0.2) is 16.1 Å². The number of aromatic carboxylic acids is 1. The predicted octanol–water partition coefficient (Wildman–Crippen LogP) is 2.04. The first-order valence-electron chi connectivity index (χ1n) is 3.92. The van der Waals surface area contributed by atoms with Crippen LogP contribution in [0.25, 0.3) is 0 Å². The van der Waals surface area contributed by atoms with E-state index in [1.165, 1.54) is 12.1 Å². The van der Waals surface area contributed by atoms with Gasteiger partial charge in [-0.25, -0.2) is 9.78 Å². The van der Waals surface area contributed by atoms with E-state index in [0.29, 0.717) is 5.56 Å². The molecular weight excluding hydrogens is 173 g/mol. The van der Waals surface area contributed by atoms with Gasteiger partial charge in [0.1, 0.15) is 0 Å². The SMILES string of the molecule is CC(C)c1ccc(F)nc1C(=O)O. The Hall–Kier alpha value is -1.45. The molecule has 0 aliphatic rings. The van der Waals surface area contributed by atoms with Gasteiger partial charge in [-0.2, -0.15) is 4.39 Å². The highest BCUT2D eigenvalue weighted by Gasteiger charge is 2.14. The van der Waals surface area contributed by atoms with Crippen LogP contribution in [0.15, 0.2) is 12.1 Å². The summed E-state index contributed by atoms with van der Waals surface area (Å²) >= 11 is 0. The summed E-state index contributed by atoms with van der Waals surface area (Å²) in [7, 11) is 0. The molecule has 0 bridgehead atoms. The van der Waals surface area contributed by atoms with Crippen molar-refractivity contribution in [3.05, 3.63) is 29.3 Å². The zero-order valence-electron chi connectivity index (χ0n) is 7.41. The Kier molecular flexibility index (Phi) is 2.60. The maximum absolute atomic E-state index is 12.6. The minimum absolute atomic E-state index is 0.0270. The van der Waals surface area contributed by atoms with Crippen LogP contribution >= 0.6 is 0 Å². The van der Waals surface area contributed by atoms with Crippen molar-refractivity contribution in [3.63, 3.8) is 0 Å². The lowest BCUT2D eigenvalue weighted by Crippen LogP contribution is -2.08. The zero-order chi connectivity index (χ0) is 10.0.